The second-order valence-corrected chi connectivity index (χ2v) is 4.57. The highest BCUT2D eigenvalue weighted by molar-refractivity contribution is 7.99. The summed E-state index contributed by atoms with van der Waals surface area (Å²) in [6, 6.07) is 8.86. The lowest BCUT2D eigenvalue weighted by Gasteiger charge is -1.99. The van der Waals surface area contributed by atoms with Gasteiger partial charge in [0.1, 0.15) is 0 Å². The molecule has 1 aromatic heterocycles. The molecule has 0 radical (unpaired) electrons. The molecule has 16 heavy (non-hydrogen) atoms. The molecule has 1 heterocycles. The van der Waals surface area contributed by atoms with Crippen LogP contribution in [0.1, 0.15) is 6.92 Å². The highest BCUT2D eigenvalue weighted by atomic mass is 32.2. The Bertz CT molecular complexity index is 450. The number of rotatable bonds is 4. The van der Waals surface area contributed by atoms with Crippen molar-refractivity contribution in [3.63, 3.8) is 0 Å². The van der Waals surface area contributed by atoms with Crippen molar-refractivity contribution in [2.45, 2.75) is 11.8 Å². The van der Waals surface area contributed by atoms with E-state index in [0.29, 0.717) is 6.01 Å². The summed E-state index contributed by atoms with van der Waals surface area (Å²) in [5.41, 5.74) is 1.05. The smallest absolute Gasteiger partial charge is 0.294 e. The van der Waals surface area contributed by atoms with Gasteiger partial charge in [0.05, 0.1) is 6.20 Å². The molecule has 3 nitrogen and oxygen atoms in total. The van der Waals surface area contributed by atoms with Crippen LogP contribution in [0.5, 0.6) is 0 Å². The standard InChI is InChI=1S/C12H14N2OS/c1-3-16-10-6-4-9(5-7-10)11-8-14-12(13-2)15-11/h4-8H,3H2,1-2H3,(H,13,14). The molecule has 2 rings (SSSR count). The molecule has 0 unspecified atom stereocenters. The van der Waals surface area contributed by atoms with E-state index >= 15 is 0 Å². The first-order valence-corrected chi connectivity index (χ1v) is 6.19. The van der Waals surface area contributed by atoms with Crippen LogP contribution in [0.4, 0.5) is 6.01 Å². The van der Waals surface area contributed by atoms with Crippen LogP contribution in [0.2, 0.25) is 0 Å². The predicted octanol–water partition coefficient (Wildman–Crippen LogP) is 3.50. The SMILES string of the molecule is CCSc1ccc(-c2cnc(NC)o2)cc1. The number of anilines is 1. The molecule has 0 bridgehead atoms. The zero-order valence-corrected chi connectivity index (χ0v) is 10.2. The number of oxazole rings is 1. The van der Waals surface area contributed by atoms with Crippen LogP contribution < -0.4 is 5.32 Å². The monoisotopic (exact) mass is 234 g/mol. The highest BCUT2D eigenvalue weighted by Gasteiger charge is 2.04. The van der Waals surface area contributed by atoms with Crippen LogP contribution in [-0.4, -0.2) is 17.8 Å². The average molecular weight is 234 g/mol. The minimum absolute atomic E-state index is 0.544. The minimum atomic E-state index is 0.544. The Labute approximate surface area is 99.3 Å². The first-order valence-electron chi connectivity index (χ1n) is 5.20. The van der Waals surface area contributed by atoms with E-state index in [-0.39, 0.29) is 0 Å². The fraction of sp³-hybridized carbons (Fsp3) is 0.250. The number of hydrogen-bond donors (Lipinski definition) is 1. The number of nitrogens with zero attached hydrogens (tertiary/aromatic N) is 1. The Kier molecular flexibility index (Phi) is 3.51. The second kappa shape index (κ2) is 5.07. The van der Waals surface area contributed by atoms with Gasteiger partial charge in [0.2, 0.25) is 0 Å². The van der Waals surface area contributed by atoms with Crippen molar-refractivity contribution >= 4 is 17.8 Å². The lowest BCUT2D eigenvalue weighted by molar-refractivity contribution is 0.589. The number of hydrogen-bond acceptors (Lipinski definition) is 4. The van der Waals surface area contributed by atoms with Crippen molar-refractivity contribution in [1.82, 2.24) is 4.98 Å². The third-order valence-electron chi connectivity index (χ3n) is 2.17. The van der Waals surface area contributed by atoms with Crippen LogP contribution in [0.15, 0.2) is 39.8 Å². The summed E-state index contributed by atoms with van der Waals surface area (Å²) >= 11 is 1.83. The summed E-state index contributed by atoms with van der Waals surface area (Å²) < 4.78 is 5.49. The molecule has 0 saturated heterocycles. The fourth-order valence-electron chi connectivity index (χ4n) is 1.41. The van der Waals surface area contributed by atoms with Gasteiger partial charge in [0.15, 0.2) is 5.76 Å². The van der Waals surface area contributed by atoms with E-state index in [9.17, 15) is 0 Å². The summed E-state index contributed by atoms with van der Waals surface area (Å²) in [5, 5.41) is 2.87. The van der Waals surface area contributed by atoms with Crippen LogP contribution >= 0.6 is 11.8 Å². The molecule has 0 atom stereocenters. The van der Waals surface area contributed by atoms with Gasteiger partial charge >= 0.3 is 0 Å². The maximum atomic E-state index is 5.49. The van der Waals surface area contributed by atoms with E-state index in [1.165, 1.54) is 4.90 Å². The molecule has 4 heteroatoms. The van der Waals surface area contributed by atoms with Gasteiger partial charge in [-0.3, -0.25) is 0 Å². The van der Waals surface area contributed by atoms with Gasteiger partial charge < -0.3 is 9.73 Å². The Morgan fingerprint density at radius 3 is 2.62 bits per heavy atom. The van der Waals surface area contributed by atoms with Gasteiger partial charge in [-0.2, -0.15) is 0 Å². The molecule has 0 aliphatic carbocycles. The normalized spacial score (nSPS) is 10.4. The third kappa shape index (κ3) is 2.39. The number of nitrogens with one attached hydrogen (secondary N) is 1. The lowest BCUT2D eigenvalue weighted by Crippen LogP contribution is -1.85. The molecule has 0 aliphatic rings. The van der Waals surface area contributed by atoms with Gasteiger partial charge in [-0.05, 0) is 17.9 Å². The fourth-order valence-corrected chi connectivity index (χ4v) is 2.07. The molecule has 0 saturated carbocycles. The van der Waals surface area contributed by atoms with E-state index in [1.807, 2.05) is 11.8 Å². The van der Waals surface area contributed by atoms with Gasteiger partial charge in [-0.15, -0.1) is 11.8 Å². The lowest BCUT2D eigenvalue weighted by atomic mass is 10.2. The van der Waals surface area contributed by atoms with E-state index < -0.39 is 0 Å². The maximum Gasteiger partial charge on any atom is 0.294 e. The summed E-state index contributed by atoms with van der Waals surface area (Å²) in [7, 11) is 1.79. The summed E-state index contributed by atoms with van der Waals surface area (Å²) in [5.74, 6) is 1.88. The van der Waals surface area contributed by atoms with E-state index in [0.717, 1.165) is 17.1 Å². The minimum Gasteiger partial charge on any atom is -0.424 e. The average Bonchev–Trinajstić information content (AvgIpc) is 2.79. The Hall–Kier alpha value is -1.42. The van der Waals surface area contributed by atoms with Crippen molar-refractivity contribution in [1.29, 1.82) is 0 Å². The summed E-state index contributed by atoms with van der Waals surface area (Å²) in [4.78, 5) is 5.36. The molecule has 0 spiro atoms. The molecule has 84 valence electrons. The van der Waals surface area contributed by atoms with Gasteiger partial charge in [0, 0.05) is 17.5 Å². The number of aromatic nitrogens is 1. The zero-order valence-electron chi connectivity index (χ0n) is 9.36. The van der Waals surface area contributed by atoms with Crippen molar-refractivity contribution in [3.05, 3.63) is 30.5 Å². The molecular weight excluding hydrogens is 220 g/mol. The van der Waals surface area contributed by atoms with Crippen LogP contribution in [0.25, 0.3) is 11.3 Å². The van der Waals surface area contributed by atoms with Gasteiger partial charge in [-0.1, -0.05) is 19.1 Å². The number of benzene rings is 1. The van der Waals surface area contributed by atoms with Crippen LogP contribution in [-0.2, 0) is 0 Å². The highest BCUT2D eigenvalue weighted by Crippen LogP contribution is 2.25. The van der Waals surface area contributed by atoms with E-state index in [2.05, 4.69) is 41.5 Å². The Balaban J connectivity index is 2.20. The van der Waals surface area contributed by atoms with Gasteiger partial charge in [0.25, 0.3) is 6.01 Å². The van der Waals surface area contributed by atoms with Crippen molar-refractivity contribution in [2.75, 3.05) is 18.1 Å². The summed E-state index contributed by atoms with van der Waals surface area (Å²) in [6.07, 6.45) is 1.73. The number of thioether (sulfide) groups is 1. The molecule has 0 amide bonds. The van der Waals surface area contributed by atoms with Crippen LogP contribution in [0, 0.1) is 0 Å². The van der Waals surface area contributed by atoms with Crippen LogP contribution in [0.3, 0.4) is 0 Å². The molecule has 1 aromatic carbocycles. The Morgan fingerprint density at radius 2 is 2.06 bits per heavy atom. The third-order valence-corrected chi connectivity index (χ3v) is 3.06. The van der Waals surface area contributed by atoms with E-state index in [4.69, 9.17) is 4.42 Å². The predicted molar refractivity (Wildman–Crippen MR) is 67.9 cm³/mol. The van der Waals surface area contributed by atoms with E-state index in [1.54, 1.807) is 13.2 Å². The molecular formula is C12H14N2OS. The molecule has 1 N–H and O–H groups in total. The second-order valence-electron chi connectivity index (χ2n) is 3.24. The maximum absolute atomic E-state index is 5.49. The van der Waals surface area contributed by atoms with Gasteiger partial charge in [-0.25, -0.2) is 4.98 Å². The van der Waals surface area contributed by atoms with Crippen molar-refractivity contribution in [2.24, 2.45) is 0 Å². The molecule has 0 fully saturated rings. The summed E-state index contributed by atoms with van der Waals surface area (Å²) in [6.45, 7) is 2.15. The largest absolute Gasteiger partial charge is 0.424 e. The zero-order chi connectivity index (χ0) is 11.4. The van der Waals surface area contributed by atoms with Crippen molar-refractivity contribution < 1.29 is 4.42 Å². The quantitative estimate of drug-likeness (QED) is 0.822. The first kappa shape index (κ1) is 11.1. The van der Waals surface area contributed by atoms with Crippen molar-refractivity contribution in [3.8, 4) is 11.3 Å². The first-order chi connectivity index (χ1) is 7.83. The topological polar surface area (TPSA) is 38.1 Å². The molecule has 2 aromatic rings. The molecule has 0 aliphatic heterocycles. The Morgan fingerprint density at radius 1 is 1.31 bits per heavy atom.